The van der Waals surface area contributed by atoms with Crippen LogP contribution in [0.15, 0.2) is 12.1 Å². The quantitative estimate of drug-likeness (QED) is 0.694. The van der Waals surface area contributed by atoms with Gasteiger partial charge in [0.25, 0.3) is 0 Å². The number of nitrogens with zero attached hydrogens (tertiary/aromatic N) is 1. The van der Waals surface area contributed by atoms with Crippen molar-refractivity contribution in [1.29, 1.82) is 0 Å². The molecule has 1 aromatic carbocycles. The van der Waals surface area contributed by atoms with Gasteiger partial charge in [0.05, 0.1) is 11.6 Å². The van der Waals surface area contributed by atoms with Crippen LogP contribution in [0.25, 0.3) is 0 Å². The van der Waals surface area contributed by atoms with E-state index in [4.69, 9.17) is 16.3 Å². The van der Waals surface area contributed by atoms with E-state index in [0.29, 0.717) is 6.42 Å². The molecular weight excluding hydrogens is 352 g/mol. The van der Waals surface area contributed by atoms with E-state index in [1.54, 1.807) is 20.8 Å². The maximum Gasteiger partial charge on any atom is 0.410 e. The second-order valence-corrected chi connectivity index (χ2v) is 7.83. The molecular formula is C18H22ClF2NO3. The van der Waals surface area contributed by atoms with Crippen LogP contribution in [0.5, 0.6) is 0 Å². The molecule has 0 aliphatic heterocycles. The fourth-order valence-corrected chi connectivity index (χ4v) is 2.71. The van der Waals surface area contributed by atoms with Crippen LogP contribution in [-0.2, 0) is 4.74 Å². The van der Waals surface area contributed by atoms with E-state index < -0.39 is 40.7 Å². The first-order valence-electron chi connectivity index (χ1n) is 8.14. The van der Waals surface area contributed by atoms with Gasteiger partial charge in [-0.1, -0.05) is 24.4 Å². The number of ketones is 1. The standard InChI is InChI=1S/C18H22ClF2NO3/c1-18(2,3)25-17(24)22(4)14(7-10-5-6-10)16(23)15-12(20)8-11(19)9-13(15)21/h8-10,14H,5-7H2,1-4H3/t14-/m0/s1. The van der Waals surface area contributed by atoms with Gasteiger partial charge in [0.1, 0.15) is 17.2 Å². The lowest BCUT2D eigenvalue weighted by atomic mass is 9.97. The van der Waals surface area contributed by atoms with Crippen molar-refractivity contribution in [2.45, 2.75) is 51.7 Å². The Labute approximate surface area is 151 Å². The van der Waals surface area contributed by atoms with Crippen LogP contribution in [0, 0.1) is 17.6 Å². The maximum absolute atomic E-state index is 14.1. The summed E-state index contributed by atoms with van der Waals surface area (Å²) in [6, 6.07) is 0.784. The third-order valence-electron chi connectivity index (χ3n) is 3.96. The minimum atomic E-state index is -1.03. The van der Waals surface area contributed by atoms with Crippen LogP contribution in [-0.4, -0.2) is 35.5 Å². The number of rotatable bonds is 5. The normalized spacial score (nSPS) is 15.6. The summed E-state index contributed by atoms with van der Waals surface area (Å²) in [7, 11) is 1.41. The molecule has 138 valence electrons. The Morgan fingerprint density at radius 2 is 1.80 bits per heavy atom. The first-order valence-corrected chi connectivity index (χ1v) is 8.52. The van der Waals surface area contributed by atoms with Gasteiger partial charge in [-0.15, -0.1) is 0 Å². The van der Waals surface area contributed by atoms with Gasteiger partial charge in [-0.05, 0) is 45.2 Å². The molecule has 1 aliphatic rings. The summed E-state index contributed by atoms with van der Waals surface area (Å²) >= 11 is 5.61. The summed E-state index contributed by atoms with van der Waals surface area (Å²) < 4.78 is 33.5. The molecule has 1 saturated carbocycles. The van der Waals surface area contributed by atoms with Crippen LogP contribution in [0.1, 0.15) is 50.4 Å². The van der Waals surface area contributed by atoms with Gasteiger partial charge in [-0.2, -0.15) is 0 Å². The molecule has 0 N–H and O–H groups in total. The molecule has 0 heterocycles. The van der Waals surface area contributed by atoms with Crippen molar-refractivity contribution in [2.24, 2.45) is 5.92 Å². The molecule has 1 fully saturated rings. The molecule has 4 nitrogen and oxygen atoms in total. The van der Waals surface area contributed by atoms with E-state index in [1.807, 2.05) is 0 Å². The van der Waals surface area contributed by atoms with Crippen LogP contribution in [0.3, 0.4) is 0 Å². The zero-order valence-corrected chi connectivity index (χ0v) is 15.5. The second-order valence-electron chi connectivity index (χ2n) is 7.39. The Morgan fingerprint density at radius 1 is 1.28 bits per heavy atom. The second kappa shape index (κ2) is 7.28. The minimum Gasteiger partial charge on any atom is -0.444 e. The van der Waals surface area contributed by atoms with Crippen molar-refractivity contribution in [3.8, 4) is 0 Å². The van der Waals surface area contributed by atoms with Crippen molar-refractivity contribution < 1.29 is 23.1 Å². The van der Waals surface area contributed by atoms with Crippen molar-refractivity contribution in [3.05, 3.63) is 34.4 Å². The van der Waals surface area contributed by atoms with Crippen LogP contribution in [0.2, 0.25) is 5.02 Å². The molecule has 0 aromatic heterocycles. The highest BCUT2D eigenvalue weighted by Crippen LogP contribution is 2.36. The van der Waals surface area contributed by atoms with Crippen molar-refractivity contribution in [1.82, 2.24) is 4.90 Å². The Balaban J connectivity index is 2.30. The van der Waals surface area contributed by atoms with Crippen molar-refractivity contribution >= 4 is 23.5 Å². The molecule has 2 rings (SSSR count). The summed E-state index contributed by atoms with van der Waals surface area (Å²) in [4.78, 5) is 26.2. The number of halogens is 3. The zero-order valence-electron chi connectivity index (χ0n) is 14.7. The molecule has 0 unspecified atom stereocenters. The van der Waals surface area contributed by atoms with Gasteiger partial charge in [-0.25, -0.2) is 13.6 Å². The Bertz CT molecular complexity index is 660. The maximum atomic E-state index is 14.1. The first-order chi connectivity index (χ1) is 11.5. The highest BCUT2D eigenvalue weighted by Gasteiger charge is 2.37. The average molecular weight is 374 g/mol. The number of Topliss-reactive ketones (excluding diaryl/α,β-unsaturated/α-hetero) is 1. The number of hydrogen-bond donors (Lipinski definition) is 0. The highest BCUT2D eigenvalue weighted by molar-refractivity contribution is 6.30. The smallest absolute Gasteiger partial charge is 0.410 e. The minimum absolute atomic E-state index is 0.134. The van der Waals surface area contributed by atoms with Gasteiger partial charge < -0.3 is 9.64 Å². The van der Waals surface area contributed by atoms with E-state index in [-0.39, 0.29) is 10.9 Å². The molecule has 0 saturated heterocycles. The van der Waals surface area contributed by atoms with Crippen molar-refractivity contribution in [3.63, 3.8) is 0 Å². The molecule has 0 spiro atoms. The molecule has 0 radical (unpaired) electrons. The van der Waals surface area contributed by atoms with Crippen LogP contribution < -0.4 is 0 Å². The lowest BCUT2D eigenvalue weighted by Gasteiger charge is -2.30. The van der Waals surface area contributed by atoms with Gasteiger partial charge in [0.15, 0.2) is 5.78 Å². The van der Waals surface area contributed by atoms with E-state index in [1.165, 1.54) is 7.05 Å². The van der Waals surface area contributed by atoms with E-state index in [0.717, 1.165) is 29.9 Å². The number of amides is 1. The van der Waals surface area contributed by atoms with Gasteiger partial charge in [-0.3, -0.25) is 4.79 Å². The molecule has 25 heavy (non-hydrogen) atoms. The summed E-state index contributed by atoms with van der Waals surface area (Å²) in [6.07, 6.45) is 1.49. The lowest BCUT2D eigenvalue weighted by molar-refractivity contribution is 0.0205. The largest absolute Gasteiger partial charge is 0.444 e. The van der Waals surface area contributed by atoms with Gasteiger partial charge in [0.2, 0.25) is 0 Å². The topological polar surface area (TPSA) is 46.6 Å². The van der Waals surface area contributed by atoms with E-state index in [2.05, 4.69) is 0 Å². The van der Waals surface area contributed by atoms with Crippen LogP contribution >= 0.6 is 11.6 Å². The van der Waals surface area contributed by atoms with Gasteiger partial charge in [0, 0.05) is 12.1 Å². The SMILES string of the molecule is CN(C(=O)OC(C)(C)C)[C@@H](CC1CC1)C(=O)c1c(F)cc(Cl)cc1F. The Kier molecular flexibility index (Phi) is 5.72. The summed E-state index contributed by atoms with van der Waals surface area (Å²) in [5.74, 6) is -2.59. The number of ether oxygens (including phenoxy) is 1. The number of carbonyl (C=O) groups is 2. The van der Waals surface area contributed by atoms with Crippen LogP contribution in [0.4, 0.5) is 13.6 Å². The molecule has 1 aromatic rings. The summed E-state index contributed by atoms with van der Waals surface area (Å²) in [6.45, 7) is 5.11. The fourth-order valence-electron chi connectivity index (χ4n) is 2.52. The number of carbonyl (C=O) groups excluding carboxylic acids is 2. The van der Waals surface area contributed by atoms with E-state index >= 15 is 0 Å². The summed E-state index contributed by atoms with van der Waals surface area (Å²) in [5.41, 5.74) is -1.42. The van der Waals surface area contributed by atoms with Crippen molar-refractivity contribution in [2.75, 3.05) is 7.05 Å². The lowest BCUT2D eigenvalue weighted by Crippen LogP contribution is -2.45. The molecule has 1 amide bonds. The number of likely N-dealkylation sites (N-methyl/N-ethyl adjacent to an activating group) is 1. The molecule has 1 aliphatic carbocycles. The number of benzene rings is 1. The number of hydrogen-bond acceptors (Lipinski definition) is 3. The molecule has 0 bridgehead atoms. The fraction of sp³-hybridized carbons (Fsp3) is 0.556. The van der Waals surface area contributed by atoms with Gasteiger partial charge >= 0.3 is 6.09 Å². The monoisotopic (exact) mass is 373 g/mol. The first kappa shape index (κ1) is 19.6. The Hall–Kier alpha value is -1.69. The Morgan fingerprint density at radius 3 is 2.24 bits per heavy atom. The zero-order chi connectivity index (χ0) is 18.9. The third kappa shape index (κ3) is 5.14. The predicted molar refractivity (Wildman–Crippen MR) is 90.8 cm³/mol. The average Bonchev–Trinajstić information content (AvgIpc) is 3.24. The third-order valence-corrected chi connectivity index (χ3v) is 4.18. The highest BCUT2D eigenvalue weighted by atomic mass is 35.5. The predicted octanol–water partition coefficient (Wildman–Crippen LogP) is 4.84. The molecule has 1 atom stereocenters. The molecule has 7 heteroatoms. The summed E-state index contributed by atoms with van der Waals surface area (Å²) in [5, 5.41) is -0.134. The van der Waals surface area contributed by atoms with E-state index in [9.17, 15) is 18.4 Å².